The Morgan fingerprint density at radius 1 is 1.15 bits per heavy atom. The van der Waals surface area contributed by atoms with Crippen molar-refractivity contribution in [3.63, 3.8) is 0 Å². The number of hydrogen-bond acceptors (Lipinski definition) is 5. The number of benzene rings is 1. The summed E-state index contributed by atoms with van der Waals surface area (Å²) in [6.07, 6.45) is 7.45. The topological polar surface area (TPSA) is 70.6 Å². The Labute approximate surface area is 159 Å². The Morgan fingerprint density at radius 2 is 1.96 bits per heavy atom. The molecule has 0 atom stereocenters. The minimum absolute atomic E-state index is 0.409. The van der Waals surface area contributed by atoms with Gasteiger partial charge in [0.15, 0.2) is 0 Å². The Morgan fingerprint density at radius 3 is 2.63 bits per heavy atom. The maximum atomic E-state index is 9.71. The number of aromatic nitrogens is 4. The van der Waals surface area contributed by atoms with E-state index in [1.54, 1.807) is 12.5 Å². The molecule has 0 aliphatic carbocycles. The van der Waals surface area contributed by atoms with E-state index in [9.17, 15) is 5.26 Å². The largest absolute Gasteiger partial charge is 0.370 e. The van der Waals surface area contributed by atoms with Crippen LogP contribution in [0.25, 0.3) is 11.1 Å². The van der Waals surface area contributed by atoms with E-state index in [1.807, 2.05) is 36.0 Å². The third kappa shape index (κ3) is 3.17. The van der Waals surface area contributed by atoms with Gasteiger partial charge in [-0.2, -0.15) is 5.26 Å². The summed E-state index contributed by atoms with van der Waals surface area (Å²) in [7, 11) is 2.00. The summed E-state index contributed by atoms with van der Waals surface area (Å²) in [5, 5.41) is 18.0. The van der Waals surface area contributed by atoms with E-state index in [1.165, 1.54) is 0 Å². The quantitative estimate of drug-likeness (QED) is 0.717. The van der Waals surface area contributed by atoms with Crippen LogP contribution in [0, 0.1) is 18.3 Å². The fourth-order valence-electron chi connectivity index (χ4n) is 3.96. The van der Waals surface area contributed by atoms with Crippen LogP contribution in [-0.2, 0) is 7.05 Å². The van der Waals surface area contributed by atoms with Crippen LogP contribution in [-0.4, -0.2) is 32.8 Å². The van der Waals surface area contributed by atoms with Crippen LogP contribution in [0.1, 0.15) is 35.7 Å². The Hall–Kier alpha value is -3.20. The zero-order valence-corrected chi connectivity index (χ0v) is 15.6. The lowest BCUT2D eigenvalue weighted by molar-refractivity contribution is 0.474. The number of hydrogen-bond donors (Lipinski definition) is 0. The van der Waals surface area contributed by atoms with Gasteiger partial charge in [-0.1, -0.05) is 12.1 Å². The van der Waals surface area contributed by atoms with Crippen molar-refractivity contribution >= 4 is 5.69 Å². The van der Waals surface area contributed by atoms with Crippen LogP contribution in [0.4, 0.5) is 5.69 Å². The van der Waals surface area contributed by atoms with Crippen molar-refractivity contribution in [2.24, 2.45) is 7.05 Å². The molecular formula is C21H22N6. The van der Waals surface area contributed by atoms with Gasteiger partial charge in [0.05, 0.1) is 11.3 Å². The monoisotopic (exact) mass is 358 g/mol. The molecule has 0 unspecified atom stereocenters. The predicted molar refractivity (Wildman–Crippen MR) is 104 cm³/mol. The molecule has 136 valence electrons. The first kappa shape index (κ1) is 17.2. The number of para-hydroxylation sites is 1. The first-order valence-corrected chi connectivity index (χ1v) is 9.22. The highest BCUT2D eigenvalue weighted by atomic mass is 15.3. The van der Waals surface area contributed by atoms with Crippen molar-refractivity contribution in [2.45, 2.75) is 25.7 Å². The lowest BCUT2D eigenvalue weighted by Crippen LogP contribution is -2.34. The summed E-state index contributed by atoms with van der Waals surface area (Å²) in [4.78, 5) is 6.64. The van der Waals surface area contributed by atoms with E-state index >= 15 is 0 Å². The summed E-state index contributed by atoms with van der Waals surface area (Å²) in [6, 6.07) is 10.3. The summed E-state index contributed by atoms with van der Waals surface area (Å²) < 4.78 is 2.01. The molecule has 1 aliphatic rings. The van der Waals surface area contributed by atoms with E-state index in [4.69, 9.17) is 0 Å². The number of anilines is 1. The molecule has 1 aliphatic heterocycles. The normalized spacial score (nSPS) is 14.9. The van der Waals surface area contributed by atoms with Gasteiger partial charge in [0, 0.05) is 49.6 Å². The van der Waals surface area contributed by atoms with Gasteiger partial charge in [0.2, 0.25) is 0 Å². The van der Waals surface area contributed by atoms with E-state index < -0.39 is 0 Å². The van der Waals surface area contributed by atoms with Gasteiger partial charge in [0.1, 0.15) is 18.2 Å². The van der Waals surface area contributed by atoms with Crippen LogP contribution >= 0.6 is 0 Å². The standard InChI is InChI=1S/C21H22N6/c1-15-6-9-23-13-19(15)18-5-3-4-17(12-22)20(18)27-10-7-16(8-11-27)21-25-24-14-26(21)2/h3-6,9,13-14,16H,7-8,10-11H2,1-2H3. The van der Waals surface area contributed by atoms with Crippen LogP contribution < -0.4 is 4.90 Å². The lowest BCUT2D eigenvalue weighted by atomic mass is 9.92. The molecule has 0 amide bonds. The molecule has 2 aromatic heterocycles. The van der Waals surface area contributed by atoms with E-state index in [2.05, 4.69) is 39.1 Å². The highest BCUT2D eigenvalue weighted by molar-refractivity contribution is 5.84. The number of aryl methyl sites for hydroxylation is 2. The molecule has 0 N–H and O–H groups in total. The third-order valence-electron chi connectivity index (χ3n) is 5.41. The fourth-order valence-corrected chi connectivity index (χ4v) is 3.96. The number of piperidine rings is 1. The zero-order valence-electron chi connectivity index (χ0n) is 15.6. The SMILES string of the molecule is Cc1ccncc1-c1cccc(C#N)c1N1CCC(c2nncn2C)CC1. The zero-order chi connectivity index (χ0) is 18.8. The van der Waals surface area contributed by atoms with Crippen molar-refractivity contribution in [2.75, 3.05) is 18.0 Å². The average Bonchev–Trinajstić information content (AvgIpc) is 3.14. The Kier molecular flexibility index (Phi) is 4.59. The van der Waals surface area contributed by atoms with E-state index in [0.29, 0.717) is 11.5 Å². The molecule has 1 saturated heterocycles. The average molecular weight is 358 g/mol. The summed E-state index contributed by atoms with van der Waals surface area (Å²) in [5.74, 6) is 1.46. The van der Waals surface area contributed by atoms with Crippen molar-refractivity contribution in [3.8, 4) is 17.2 Å². The van der Waals surface area contributed by atoms with E-state index in [-0.39, 0.29) is 0 Å². The smallest absolute Gasteiger partial charge is 0.135 e. The van der Waals surface area contributed by atoms with Gasteiger partial charge in [0.25, 0.3) is 0 Å². The third-order valence-corrected chi connectivity index (χ3v) is 5.41. The number of nitrogens with zero attached hydrogens (tertiary/aromatic N) is 6. The highest BCUT2D eigenvalue weighted by Crippen LogP contribution is 2.38. The van der Waals surface area contributed by atoms with Gasteiger partial charge in [-0.25, -0.2) is 0 Å². The Balaban J connectivity index is 1.67. The minimum Gasteiger partial charge on any atom is -0.370 e. The second-order valence-electron chi connectivity index (χ2n) is 7.07. The summed E-state index contributed by atoms with van der Waals surface area (Å²) >= 11 is 0. The molecule has 1 aromatic carbocycles. The van der Waals surface area contributed by atoms with Crippen molar-refractivity contribution in [3.05, 3.63) is 59.9 Å². The number of pyridine rings is 1. The van der Waals surface area contributed by atoms with Gasteiger partial charge in [-0.05, 0) is 37.5 Å². The molecule has 4 rings (SSSR count). The van der Waals surface area contributed by atoms with Crippen molar-refractivity contribution in [1.82, 2.24) is 19.7 Å². The molecule has 0 bridgehead atoms. The van der Waals surface area contributed by atoms with Gasteiger partial charge < -0.3 is 9.47 Å². The molecule has 0 spiro atoms. The Bertz CT molecular complexity index is 992. The van der Waals surface area contributed by atoms with Crippen molar-refractivity contribution in [1.29, 1.82) is 5.26 Å². The van der Waals surface area contributed by atoms with Crippen LogP contribution in [0.3, 0.4) is 0 Å². The second-order valence-corrected chi connectivity index (χ2v) is 7.07. The first-order chi connectivity index (χ1) is 13.2. The van der Waals surface area contributed by atoms with Crippen LogP contribution in [0.2, 0.25) is 0 Å². The second kappa shape index (κ2) is 7.20. The molecule has 0 radical (unpaired) electrons. The van der Waals surface area contributed by atoms with Crippen molar-refractivity contribution < 1.29 is 0 Å². The van der Waals surface area contributed by atoms with Gasteiger partial charge in [-0.3, -0.25) is 4.98 Å². The molecule has 1 fully saturated rings. The van der Waals surface area contributed by atoms with Crippen LogP contribution in [0.5, 0.6) is 0 Å². The maximum absolute atomic E-state index is 9.71. The molecule has 27 heavy (non-hydrogen) atoms. The summed E-state index contributed by atoms with van der Waals surface area (Å²) in [6.45, 7) is 3.87. The first-order valence-electron chi connectivity index (χ1n) is 9.22. The van der Waals surface area contributed by atoms with E-state index in [0.717, 1.165) is 54.1 Å². The molecule has 3 aromatic rings. The molecule has 6 heteroatoms. The summed E-state index contributed by atoms with van der Waals surface area (Å²) in [5.41, 5.74) is 5.06. The minimum atomic E-state index is 0.409. The molecular weight excluding hydrogens is 336 g/mol. The van der Waals surface area contributed by atoms with Crippen LogP contribution in [0.15, 0.2) is 43.0 Å². The number of nitriles is 1. The molecule has 3 heterocycles. The molecule has 0 saturated carbocycles. The lowest BCUT2D eigenvalue weighted by Gasteiger charge is -2.35. The fraction of sp³-hybridized carbons (Fsp3) is 0.333. The molecule has 6 nitrogen and oxygen atoms in total. The highest BCUT2D eigenvalue weighted by Gasteiger charge is 2.27. The van der Waals surface area contributed by atoms with Gasteiger partial charge >= 0.3 is 0 Å². The van der Waals surface area contributed by atoms with Gasteiger partial charge in [-0.15, -0.1) is 10.2 Å². The predicted octanol–water partition coefficient (Wildman–Crippen LogP) is 3.44. The maximum Gasteiger partial charge on any atom is 0.135 e. The number of rotatable bonds is 3.